The first kappa shape index (κ1) is 21.6. The number of halogens is 3. The average Bonchev–Trinajstić information content (AvgIpc) is 2.72. The normalized spacial score (nSPS) is 16.8. The van der Waals surface area contributed by atoms with Crippen LogP contribution >= 0.6 is 0 Å². The lowest BCUT2D eigenvalue weighted by molar-refractivity contribution is -0.141. The number of carbonyl (C=O) groups excluding carboxylic acids is 2. The van der Waals surface area contributed by atoms with Gasteiger partial charge in [-0.15, -0.1) is 0 Å². The van der Waals surface area contributed by atoms with Crippen molar-refractivity contribution in [2.45, 2.75) is 19.2 Å². The molecule has 1 fully saturated rings. The molecule has 1 amide bonds. The maximum Gasteiger partial charge on any atom is 0.416 e. The average molecular weight is 422 g/mol. The maximum atomic E-state index is 12.9. The number of benzene rings is 2. The third kappa shape index (κ3) is 5.50. The fourth-order valence-corrected chi connectivity index (χ4v) is 3.04. The Bertz CT molecular complexity index is 917. The van der Waals surface area contributed by atoms with Gasteiger partial charge in [0.15, 0.2) is 6.61 Å². The van der Waals surface area contributed by atoms with Crippen LogP contribution in [0.3, 0.4) is 0 Å². The van der Waals surface area contributed by atoms with Crippen LogP contribution in [0.4, 0.5) is 24.5 Å². The molecule has 9 heteroatoms. The van der Waals surface area contributed by atoms with Gasteiger partial charge in [-0.1, -0.05) is 18.2 Å². The van der Waals surface area contributed by atoms with Crippen LogP contribution in [0.5, 0.6) is 0 Å². The van der Waals surface area contributed by atoms with Gasteiger partial charge in [-0.25, -0.2) is 4.79 Å². The second-order valence-electron chi connectivity index (χ2n) is 6.85. The predicted molar refractivity (Wildman–Crippen MR) is 103 cm³/mol. The number of nitrogens with one attached hydrogen (secondary N) is 1. The quantitative estimate of drug-likeness (QED) is 0.742. The topological polar surface area (TPSA) is 67.9 Å². The van der Waals surface area contributed by atoms with Gasteiger partial charge in [-0.2, -0.15) is 13.2 Å². The summed E-state index contributed by atoms with van der Waals surface area (Å²) in [4.78, 5) is 26.3. The van der Waals surface area contributed by atoms with Gasteiger partial charge in [0.05, 0.1) is 29.5 Å². The summed E-state index contributed by atoms with van der Waals surface area (Å²) in [5, 5.41) is 2.81. The number of morpholine rings is 1. The summed E-state index contributed by atoms with van der Waals surface area (Å²) in [5.74, 6) is -1.08. The molecule has 0 spiro atoms. The van der Waals surface area contributed by atoms with Crippen LogP contribution in [0.25, 0.3) is 0 Å². The van der Waals surface area contributed by atoms with Crippen molar-refractivity contribution in [3.05, 3.63) is 59.7 Å². The van der Waals surface area contributed by atoms with Crippen molar-refractivity contribution in [2.24, 2.45) is 0 Å². The van der Waals surface area contributed by atoms with Gasteiger partial charge in [-0.3, -0.25) is 4.79 Å². The van der Waals surface area contributed by atoms with E-state index < -0.39 is 24.3 Å². The molecule has 0 radical (unpaired) electrons. The number of nitrogens with zero attached hydrogens (tertiary/aromatic N) is 1. The van der Waals surface area contributed by atoms with E-state index in [1.807, 2.05) is 6.92 Å². The Hall–Kier alpha value is -3.07. The maximum absolute atomic E-state index is 12.9. The Kier molecular flexibility index (Phi) is 6.61. The number of ether oxygens (including phenoxy) is 2. The number of anilines is 2. The van der Waals surface area contributed by atoms with Crippen molar-refractivity contribution in [3.63, 3.8) is 0 Å². The predicted octanol–water partition coefficient (Wildman–Crippen LogP) is 3.85. The molecule has 0 aromatic heterocycles. The van der Waals surface area contributed by atoms with Crippen LogP contribution in [0.15, 0.2) is 48.5 Å². The standard InChI is InChI=1S/C21H21F3N2O4/c1-14-12-26(9-10-29-14)19(27)13-30-20(28)17-7-2-3-8-18(17)25-16-6-4-5-15(11-16)21(22,23)24/h2-8,11,14,25H,9-10,12-13H2,1H3. The summed E-state index contributed by atoms with van der Waals surface area (Å²) < 4.78 is 49.3. The van der Waals surface area contributed by atoms with Crippen molar-refractivity contribution in [3.8, 4) is 0 Å². The highest BCUT2D eigenvalue weighted by Gasteiger charge is 2.30. The molecule has 2 aromatic rings. The monoisotopic (exact) mass is 422 g/mol. The molecule has 1 heterocycles. The van der Waals surface area contributed by atoms with E-state index in [0.29, 0.717) is 19.7 Å². The molecule has 1 aliphatic heterocycles. The van der Waals surface area contributed by atoms with E-state index in [0.717, 1.165) is 12.1 Å². The number of carbonyl (C=O) groups is 2. The summed E-state index contributed by atoms with van der Waals surface area (Å²) in [6, 6.07) is 10.9. The summed E-state index contributed by atoms with van der Waals surface area (Å²) in [7, 11) is 0. The number of hydrogen-bond acceptors (Lipinski definition) is 5. The number of amides is 1. The van der Waals surface area contributed by atoms with Crippen molar-refractivity contribution >= 4 is 23.3 Å². The summed E-state index contributed by atoms with van der Waals surface area (Å²) in [6.45, 7) is 2.69. The lowest BCUT2D eigenvalue weighted by atomic mass is 10.1. The molecule has 30 heavy (non-hydrogen) atoms. The summed E-state index contributed by atoms with van der Waals surface area (Å²) in [5.41, 5.74) is -0.256. The Morgan fingerprint density at radius 2 is 1.97 bits per heavy atom. The highest BCUT2D eigenvalue weighted by atomic mass is 19.4. The van der Waals surface area contributed by atoms with E-state index in [4.69, 9.17) is 9.47 Å². The van der Waals surface area contributed by atoms with Crippen molar-refractivity contribution in [2.75, 3.05) is 31.6 Å². The molecule has 0 aliphatic carbocycles. The van der Waals surface area contributed by atoms with Gasteiger partial charge in [0.2, 0.25) is 0 Å². The first-order valence-corrected chi connectivity index (χ1v) is 9.34. The van der Waals surface area contributed by atoms with Crippen LogP contribution in [0.1, 0.15) is 22.8 Å². The van der Waals surface area contributed by atoms with Crippen LogP contribution in [0, 0.1) is 0 Å². The van der Waals surface area contributed by atoms with Crippen LogP contribution in [-0.4, -0.2) is 49.2 Å². The third-order valence-electron chi connectivity index (χ3n) is 4.54. The molecular formula is C21H21F3N2O4. The molecule has 1 aliphatic rings. The fourth-order valence-electron chi connectivity index (χ4n) is 3.04. The van der Waals surface area contributed by atoms with E-state index in [1.54, 1.807) is 23.1 Å². The van der Waals surface area contributed by atoms with Crippen molar-refractivity contribution in [1.29, 1.82) is 0 Å². The Morgan fingerprint density at radius 1 is 1.20 bits per heavy atom. The highest BCUT2D eigenvalue weighted by Crippen LogP contribution is 2.32. The largest absolute Gasteiger partial charge is 0.452 e. The Morgan fingerprint density at radius 3 is 2.70 bits per heavy atom. The van der Waals surface area contributed by atoms with Crippen LogP contribution in [0.2, 0.25) is 0 Å². The van der Waals surface area contributed by atoms with E-state index in [-0.39, 0.29) is 28.9 Å². The molecular weight excluding hydrogens is 401 g/mol. The summed E-state index contributed by atoms with van der Waals surface area (Å²) in [6.07, 6.45) is -4.57. The lowest BCUT2D eigenvalue weighted by Crippen LogP contribution is -2.46. The van der Waals surface area contributed by atoms with Crippen LogP contribution in [-0.2, 0) is 20.4 Å². The van der Waals surface area contributed by atoms with Crippen molar-refractivity contribution < 1.29 is 32.2 Å². The van der Waals surface area contributed by atoms with Gasteiger partial charge in [0.25, 0.3) is 5.91 Å². The van der Waals surface area contributed by atoms with Crippen LogP contribution < -0.4 is 5.32 Å². The zero-order valence-corrected chi connectivity index (χ0v) is 16.2. The molecule has 1 unspecified atom stereocenters. The Balaban J connectivity index is 1.67. The molecule has 1 saturated heterocycles. The first-order valence-electron chi connectivity index (χ1n) is 9.34. The summed E-state index contributed by atoms with van der Waals surface area (Å²) >= 11 is 0. The minimum atomic E-state index is -4.48. The third-order valence-corrected chi connectivity index (χ3v) is 4.54. The van der Waals surface area contributed by atoms with Gasteiger partial charge in [0.1, 0.15) is 0 Å². The van der Waals surface area contributed by atoms with Gasteiger partial charge >= 0.3 is 12.1 Å². The fraction of sp³-hybridized carbons (Fsp3) is 0.333. The molecule has 0 saturated carbocycles. The van der Waals surface area contributed by atoms with Crippen molar-refractivity contribution in [1.82, 2.24) is 4.90 Å². The van der Waals surface area contributed by atoms with E-state index in [9.17, 15) is 22.8 Å². The number of esters is 1. The smallest absolute Gasteiger partial charge is 0.416 e. The number of hydrogen-bond donors (Lipinski definition) is 1. The second-order valence-corrected chi connectivity index (χ2v) is 6.85. The van der Waals surface area contributed by atoms with Gasteiger partial charge in [0, 0.05) is 18.8 Å². The van der Waals surface area contributed by atoms with E-state index in [1.165, 1.54) is 18.2 Å². The molecule has 1 N–H and O–H groups in total. The number of alkyl halides is 3. The zero-order valence-electron chi connectivity index (χ0n) is 16.2. The number of para-hydroxylation sites is 1. The molecule has 1 atom stereocenters. The number of rotatable bonds is 5. The first-order chi connectivity index (χ1) is 14.2. The minimum absolute atomic E-state index is 0.0872. The van der Waals surface area contributed by atoms with Gasteiger partial charge < -0.3 is 19.7 Å². The molecule has 6 nitrogen and oxygen atoms in total. The zero-order chi connectivity index (χ0) is 21.7. The molecule has 0 bridgehead atoms. The SMILES string of the molecule is CC1CN(C(=O)COC(=O)c2ccccc2Nc2cccc(C(F)(F)F)c2)CCO1. The Labute approximate surface area is 171 Å². The van der Waals surface area contributed by atoms with Gasteiger partial charge in [-0.05, 0) is 37.3 Å². The molecule has 160 valence electrons. The lowest BCUT2D eigenvalue weighted by Gasteiger charge is -2.30. The molecule has 2 aromatic carbocycles. The molecule has 3 rings (SSSR count). The second kappa shape index (κ2) is 9.17. The minimum Gasteiger partial charge on any atom is -0.452 e. The van der Waals surface area contributed by atoms with E-state index in [2.05, 4.69) is 5.32 Å². The van der Waals surface area contributed by atoms with E-state index >= 15 is 0 Å². The highest BCUT2D eigenvalue weighted by molar-refractivity contribution is 5.97.